The van der Waals surface area contributed by atoms with Crippen molar-refractivity contribution in [3.8, 4) is 5.75 Å². The van der Waals surface area contributed by atoms with Crippen molar-refractivity contribution in [3.63, 3.8) is 0 Å². The van der Waals surface area contributed by atoms with Crippen LogP contribution in [-0.4, -0.2) is 30.0 Å². The fourth-order valence-corrected chi connectivity index (χ4v) is 4.23. The Kier molecular flexibility index (Phi) is 6.26. The Morgan fingerprint density at radius 1 is 1.19 bits per heavy atom. The van der Waals surface area contributed by atoms with Crippen LogP contribution < -0.4 is 10.1 Å². The number of ether oxygens (including phenoxy) is 1. The van der Waals surface area contributed by atoms with E-state index in [4.69, 9.17) is 4.74 Å². The van der Waals surface area contributed by atoms with E-state index in [1.54, 1.807) is 0 Å². The minimum absolute atomic E-state index is 0.0268. The summed E-state index contributed by atoms with van der Waals surface area (Å²) in [6.07, 6.45) is -3.16. The molecule has 1 fully saturated rings. The van der Waals surface area contributed by atoms with E-state index in [-0.39, 0.29) is 16.8 Å². The van der Waals surface area contributed by atoms with Gasteiger partial charge < -0.3 is 10.1 Å². The van der Waals surface area contributed by atoms with Crippen LogP contribution in [-0.2, 0) is 4.79 Å². The van der Waals surface area contributed by atoms with Gasteiger partial charge in [-0.1, -0.05) is 13.0 Å². The maximum atomic E-state index is 14.3. The number of benzene rings is 1. The first-order valence-electron chi connectivity index (χ1n) is 9.74. The van der Waals surface area contributed by atoms with Gasteiger partial charge in [-0.15, -0.1) is 0 Å². The molecule has 0 unspecified atom stereocenters. The van der Waals surface area contributed by atoms with Gasteiger partial charge in [-0.05, 0) is 31.9 Å². The number of hydrogen-bond acceptors (Lipinski definition) is 4. The fourth-order valence-electron chi connectivity index (χ4n) is 4.23. The molecule has 1 aliphatic carbocycles. The molecule has 2 aromatic rings. The first-order chi connectivity index (χ1) is 14.9. The Labute approximate surface area is 181 Å². The van der Waals surface area contributed by atoms with Crippen molar-refractivity contribution in [2.24, 2.45) is 11.3 Å². The van der Waals surface area contributed by atoms with E-state index in [2.05, 4.69) is 10.3 Å². The number of alkyl halides is 3. The smallest absolute Gasteiger partial charge is 0.394 e. The van der Waals surface area contributed by atoms with Crippen molar-refractivity contribution >= 4 is 17.4 Å². The van der Waals surface area contributed by atoms with Crippen LogP contribution in [0.2, 0.25) is 0 Å². The lowest BCUT2D eigenvalue weighted by Gasteiger charge is -2.27. The molecule has 1 aromatic heterocycles. The second kappa shape index (κ2) is 8.48. The summed E-state index contributed by atoms with van der Waals surface area (Å²) >= 11 is 0. The Hall–Kier alpha value is -3.04. The molecule has 0 aliphatic heterocycles. The summed E-state index contributed by atoms with van der Waals surface area (Å²) in [6.45, 7) is 2.25. The van der Waals surface area contributed by atoms with Crippen LogP contribution in [0.3, 0.4) is 0 Å². The predicted octanol–water partition coefficient (Wildman–Crippen LogP) is 5.27. The second-order valence-corrected chi connectivity index (χ2v) is 8.13. The van der Waals surface area contributed by atoms with Gasteiger partial charge in [0.15, 0.2) is 17.3 Å². The van der Waals surface area contributed by atoms with Crippen molar-refractivity contribution in [3.05, 3.63) is 53.4 Å². The normalized spacial score (nSPS) is 23.1. The minimum Gasteiger partial charge on any atom is -0.493 e. The molecule has 1 aliphatic rings. The largest absolute Gasteiger partial charge is 0.493 e. The number of rotatable bonds is 5. The van der Waals surface area contributed by atoms with Crippen LogP contribution in [0.4, 0.5) is 27.6 Å². The molecule has 0 radical (unpaired) electrons. The number of pyridine rings is 1. The average Bonchev–Trinajstić information content (AvgIpc) is 3.09. The van der Waals surface area contributed by atoms with Crippen molar-refractivity contribution in [2.45, 2.75) is 38.8 Å². The molecule has 0 spiro atoms. The number of Topliss-reactive ketones (excluding diaryl/α,β-unsaturated/α-hetero) is 1. The summed E-state index contributed by atoms with van der Waals surface area (Å²) in [5.74, 6) is -6.60. The van der Waals surface area contributed by atoms with Crippen LogP contribution in [0.5, 0.6) is 5.75 Å². The Morgan fingerprint density at radius 2 is 1.88 bits per heavy atom. The van der Waals surface area contributed by atoms with Gasteiger partial charge in [0.25, 0.3) is 0 Å². The van der Waals surface area contributed by atoms with Gasteiger partial charge >= 0.3 is 6.18 Å². The predicted molar refractivity (Wildman–Crippen MR) is 105 cm³/mol. The molecule has 0 saturated heterocycles. The third-order valence-corrected chi connectivity index (χ3v) is 5.99. The number of aromatic nitrogens is 1. The molecule has 0 bridgehead atoms. The molecule has 1 N–H and O–H groups in total. The van der Waals surface area contributed by atoms with Gasteiger partial charge in [-0.2, -0.15) is 17.6 Å². The van der Waals surface area contributed by atoms with E-state index in [9.17, 15) is 31.5 Å². The Morgan fingerprint density at radius 3 is 2.47 bits per heavy atom. The van der Waals surface area contributed by atoms with E-state index in [0.717, 1.165) is 26.2 Å². The zero-order chi connectivity index (χ0) is 23.8. The molecule has 10 heteroatoms. The zero-order valence-electron chi connectivity index (χ0n) is 17.5. The molecular formula is C22H21F5N2O3. The molecule has 3 rings (SSSR count). The number of carbonyl (C=O) groups excluding carboxylic acids is 2. The van der Waals surface area contributed by atoms with E-state index in [1.165, 1.54) is 25.4 Å². The van der Waals surface area contributed by atoms with Crippen LogP contribution in [0, 0.1) is 23.0 Å². The summed E-state index contributed by atoms with van der Waals surface area (Å²) in [5, 5.41) is 2.51. The maximum absolute atomic E-state index is 14.3. The summed E-state index contributed by atoms with van der Waals surface area (Å²) in [7, 11) is 1.07. The zero-order valence-corrected chi connectivity index (χ0v) is 17.5. The molecule has 5 nitrogen and oxygen atoms in total. The van der Waals surface area contributed by atoms with E-state index < -0.39 is 65.3 Å². The Balaban J connectivity index is 2.05. The van der Waals surface area contributed by atoms with Crippen molar-refractivity contribution < 1.29 is 36.3 Å². The number of ketones is 1. The molecule has 3 atom stereocenters. The number of hydrogen-bond donors (Lipinski definition) is 1. The molecule has 32 heavy (non-hydrogen) atoms. The summed E-state index contributed by atoms with van der Waals surface area (Å²) in [4.78, 5) is 28.7. The van der Waals surface area contributed by atoms with Crippen molar-refractivity contribution in [1.82, 2.24) is 4.98 Å². The average molecular weight is 456 g/mol. The Bertz CT molecular complexity index is 1060. The SMILES string of the molecule is COc1c([C@@H]2C[C@](C)(C(F)(F)F)C[C@H]2C(=O)Nc2ccncc2C(C)=O)ccc(F)c1F. The van der Waals surface area contributed by atoms with Crippen LogP contribution in [0.15, 0.2) is 30.6 Å². The molecular weight excluding hydrogens is 435 g/mol. The number of anilines is 1. The summed E-state index contributed by atoms with van der Waals surface area (Å²) in [5.41, 5.74) is -2.06. The number of nitrogens with one attached hydrogen (secondary N) is 1. The van der Waals surface area contributed by atoms with Gasteiger partial charge in [0, 0.05) is 29.8 Å². The number of methoxy groups -OCH3 is 1. The molecule has 1 amide bonds. The van der Waals surface area contributed by atoms with Gasteiger partial charge in [-0.3, -0.25) is 14.6 Å². The second-order valence-electron chi connectivity index (χ2n) is 8.13. The highest BCUT2D eigenvalue weighted by molar-refractivity contribution is 6.04. The highest BCUT2D eigenvalue weighted by atomic mass is 19.4. The van der Waals surface area contributed by atoms with Crippen molar-refractivity contribution in [2.75, 3.05) is 12.4 Å². The van der Waals surface area contributed by atoms with E-state index in [0.29, 0.717) is 0 Å². The number of halogens is 5. The van der Waals surface area contributed by atoms with Gasteiger partial charge in [0.2, 0.25) is 11.7 Å². The first kappa shape index (κ1) is 23.6. The molecule has 1 saturated carbocycles. The molecule has 1 aromatic carbocycles. The van der Waals surface area contributed by atoms with Gasteiger partial charge in [-0.25, -0.2) is 4.39 Å². The van der Waals surface area contributed by atoms with Crippen LogP contribution in [0.25, 0.3) is 0 Å². The van der Waals surface area contributed by atoms with Crippen LogP contribution >= 0.6 is 0 Å². The van der Waals surface area contributed by atoms with Gasteiger partial charge in [0.05, 0.1) is 23.8 Å². The standard InChI is InChI=1S/C22H21F5N2O3/c1-11(30)15-10-28-7-6-17(15)29-20(31)14-9-21(2,22(25,26)27)8-13(14)12-4-5-16(23)18(24)19(12)32-3/h4-7,10,13-14H,8-9H2,1-3H3,(H,28,29,31)/t13-,14+,21-/m0/s1. The topological polar surface area (TPSA) is 68.3 Å². The number of nitrogens with zero attached hydrogens (tertiary/aromatic N) is 1. The third kappa shape index (κ3) is 4.18. The lowest BCUT2D eigenvalue weighted by molar-refractivity contribution is -0.216. The number of carbonyl (C=O) groups is 2. The quantitative estimate of drug-likeness (QED) is 0.492. The maximum Gasteiger partial charge on any atom is 0.394 e. The summed E-state index contributed by atoms with van der Waals surface area (Å²) in [6, 6.07) is 3.29. The third-order valence-electron chi connectivity index (χ3n) is 5.99. The number of amides is 1. The lowest BCUT2D eigenvalue weighted by atomic mass is 9.85. The molecule has 1 heterocycles. The highest BCUT2D eigenvalue weighted by Gasteiger charge is 2.59. The van der Waals surface area contributed by atoms with Crippen LogP contribution in [0.1, 0.15) is 48.5 Å². The monoisotopic (exact) mass is 456 g/mol. The van der Waals surface area contributed by atoms with E-state index >= 15 is 0 Å². The minimum atomic E-state index is -4.63. The summed E-state index contributed by atoms with van der Waals surface area (Å²) < 4.78 is 74.4. The fraction of sp³-hybridized carbons (Fsp3) is 0.409. The van der Waals surface area contributed by atoms with E-state index in [1.807, 2.05) is 0 Å². The highest BCUT2D eigenvalue weighted by Crippen LogP contribution is 2.59. The first-order valence-corrected chi connectivity index (χ1v) is 9.74. The lowest BCUT2D eigenvalue weighted by Crippen LogP contribution is -2.33. The van der Waals surface area contributed by atoms with Crippen molar-refractivity contribution in [1.29, 1.82) is 0 Å². The molecule has 172 valence electrons. The van der Waals surface area contributed by atoms with Gasteiger partial charge in [0.1, 0.15) is 0 Å².